The number of ether oxygens (including phenoxy) is 1. The molecule has 1 saturated carbocycles. The first kappa shape index (κ1) is 32.6. The zero-order valence-electron chi connectivity index (χ0n) is 24.3. The highest BCUT2D eigenvalue weighted by Crippen LogP contribution is 2.29. The Morgan fingerprint density at radius 2 is 1.60 bits per heavy atom. The van der Waals surface area contributed by atoms with Gasteiger partial charge in [0.1, 0.15) is 18.3 Å². The van der Waals surface area contributed by atoms with E-state index in [9.17, 15) is 18.0 Å². The van der Waals surface area contributed by atoms with Crippen molar-refractivity contribution in [1.82, 2.24) is 10.2 Å². The van der Waals surface area contributed by atoms with E-state index in [0.29, 0.717) is 21.4 Å². The number of hydrogen-bond acceptors (Lipinski definition) is 5. The fourth-order valence-electron chi connectivity index (χ4n) is 5.33. The molecule has 0 unspecified atom stereocenters. The molecule has 1 aliphatic carbocycles. The van der Waals surface area contributed by atoms with Gasteiger partial charge in [-0.25, -0.2) is 8.42 Å². The van der Waals surface area contributed by atoms with Crippen LogP contribution in [-0.2, 0) is 32.6 Å². The number of nitrogens with one attached hydrogen (secondary N) is 1. The number of hydrogen-bond donors (Lipinski definition) is 1. The molecule has 2 amide bonds. The molecule has 1 fully saturated rings. The van der Waals surface area contributed by atoms with Gasteiger partial charge in [0.2, 0.25) is 21.8 Å². The molecule has 3 aromatic carbocycles. The average Bonchev–Trinajstić information content (AvgIpc) is 2.99. The van der Waals surface area contributed by atoms with Gasteiger partial charge in [0.15, 0.2) is 0 Å². The Morgan fingerprint density at radius 3 is 2.23 bits per heavy atom. The Hall–Kier alpha value is -3.27. The van der Waals surface area contributed by atoms with Crippen molar-refractivity contribution in [2.45, 2.75) is 57.2 Å². The van der Waals surface area contributed by atoms with Gasteiger partial charge < -0.3 is 15.0 Å². The molecule has 8 nitrogen and oxygen atoms in total. The van der Waals surface area contributed by atoms with Gasteiger partial charge in [0, 0.05) is 40.7 Å². The van der Waals surface area contributed by atoms with Gasteiger partial charge in [-0.1, -0.05) is 84.9 Å². The molecule has 1 N–H and O–H groups in total. The molecule has 1 atom stereocenters. The topological polar surface area (TPSA) is 96.0 Å². The summed E-state index contributed by atoms with van der Waals surface area (Å²) in [6.07, 6.45) is 6.15. The van der Waals surface area contributed by atoms with Crippen molar-refractivity contribution in [2.24, 2.45) is 0 Å². The first-order chi connectivity index (χ1) is 20.6. The average molecular weight is 647 g/mol. The standard InChI is InChI=1S/C32H37Cl2N3O5S/c1-42-26-16-9-15-25(20-26)37(43(2,40)41)22-31(38)36(21-27-28(33)17-10-18-29(27)34)30(19-23-11-5-3-6-12-23)32(39)35-24-13-7-4-8-14-24/h3,5-6,9-12,15-18,20,24,30H,4,7-8,13-14,19,21-22H2,1-2H3,(H,35,39)/t30-/m0/s1. The highest BCUT2D eigenvalue weighted by Gasteiger charge is 2.34. The van der Waals surface area contributed by atoms with Crippen molar-refractivity contribution >= 4 is 50.7 Å². The van der Waals surface area contributed by atoms with Gasteiger partial charge >= 0.3 is 0 Å². The lowest BCUT2D eigenvalue weighted by Gasteiger charge is -2.35. The van der Waals surface area contributed by atoms with Crippen molar-refractivity contribution < 1.29 is 22.7 Å². The SMILES string of the molecule is COc1cccc(N(CC(=O)N(Cc2c(Cl)cccc2Cl)[C@@H](Cc2ccccc2)C(=O)NC2CCCCC2)S(C)(=O)=O)c1. The number of sulfonamides is 1. The summed E-state index contributed by atoms with van der Waals surface area (Å²) in [6, 6.07) is 19.9. The van der Waals surface area contributed by atoms with Crippen LogP contribution in [0, 0.1) is 0 Å². The molecule has 4 rings (SSSR count). The molecule has 3 aromatic rings. The van der Waals surface area contributed by atoms with Gasteiger partial charge in [-0.3, -0.25) is 13.9 Å². The van der Waals surface area contributed by atoms with Crippen LogP contribution in [0.4, 0.5) is 5.69 Å². The zero-order chi connectivity index (χ0) is 31.0. The molecule has 1 aliphatic rings. The molecule has 0 spiro atoms. The van der Waals surface area contributed by atoms with E-state index in [1.54, 1.807) is 42.5 Å². The fraction of sp³-hybridized carbons (Fsp3) is 0.375. The van der Waals surface area contributed by atoms with Gasteiger partial charge in [-0.15, -0.1) is 0 Å². The summed E-state index contributed by atoms with van der Waals surface area (Å²) >= 11 is 13.1. The minimum Gasteiger partial charge on any atom is -0.497 e. The third kappa shape index (κ3) is 8.87. The summed E-state index contributed by atoms with van der Waals surface area (Å²) in [6.45, 7) is -0.640. The molecule has 0 saturated heterocycles. The van der Waals surface area contributed by atoms with Crippen molar-refractivity contribution in [1.29, 1.82) is 0 Å². The lowest BCUT2D eigenvalue weighted by atomic mass is 9.94. The maximum atomic E-state index is 14.3. The van der Waals surface area contributed by atoms with Crippen LogP contribution >= 0.6 is 23.2 Å². The number of anilines is 1. The van der Waals surface area contributed by atoms with Crippen LogP contribution in [0.5, 0.6) is 5.75 Å². The van der Waals surface area contributed by atoms with Crippen molar-refractivity contribution in [3.05, 3.63) is 94.0 Å². The van der Waals surface area contributed by atoms with Crippen molar-refractivity contribution in [3.8, 4) is 5.75 Å². The molecule has 0 heterocycles. The summed E-state index contributed by atoms with van der Waals surface area (Å²) < 4.78 is 32.3. The second-order valence-electron chi connectivity index (χ2n) is 10.7. The second kappa shape index (κ2) is 14.9. The number of methoxy groups -OCH3 is 1. The van der Waals surface area contributed by atoms with Gasteiger partial charge in [-0.2, -0.15) is 0 Å². The van der Waals surface area contributed by atoms with Crippen LogP contribution < -0.4 is 14.4 Å². The van der Waals surface area contributed by atoms with E-state index < -0.39 is 28.5 Å². The molecule has 0 radical (unpaired) electrons. The van der Waals surface area contributed by atoms with E-state index in [2.05, 4.69) is 5.32 Å². The molecule has 0 aliphatic heterocycles. The Balaban J connectivity index is 1.76. The second-order valence-corrected chi connectivity index (χ2v) is 13.5. The highest BCUT2D eigenvalue weighted by atomic mass is 35.5. The maximum Gasteiger partial charge on any atom is 0.244 e. The molecule has 230 valence electrons. The van der Waals surface area contributed by atoms with E-state index in [1.165, 1.54) is 12.0 Å². The minimum absolute atomic E-state index is 0.00433. The van der Waals surface area contributed by atoms with E-state index in [-0.39, 0.29) is 30.6 Å². The summed E-state index contributed by atoms with van der Waals surface area (Å²) in [5, 5.41) is 3.85. The van der Waals surface area contributed by atoms with Crippen LogP contribution in [0.2, 0.25) is 10.0 Å². The highest BCUT2D eigenvalue weighted by molar-refractivity contribution is 7.92. The van der Waals surface area contributed by atoms with Crippen LogP contribution in [0.25, 0.3) is 0 Å². The van der Waals surface area contributed by atoms with Crippen LogP contribution in [0.3, 0.4) is 0 Å². The van der Waals surface area contributed by atoms with Gasteiger partial charge in [0.25, 0.3) is 0 Å². The van der Waals surface area contributed by atoms with Crippen LogP contribution in [0.15, 0.2) is 72.8 Å². The van der Waals surface area contributed by atoms with E-state index in [1.807, 2.05) is 30.3 Å². The third-order valence-corrected chi connectivity index (χ3v) is 9.48. The van der Waals surface area contributed by atoms with E-state index >= 15 is 0 Å². The molecule has 0 bridgehead atoms. The molecule has 0 aromatic heterocycles. The number of rotatable bonds is 12. The Morgan fingerprint density at radius 1 is 0.953 bits per heavy atom. The first-order valence-electron chi connectivity index (χ1n) is 14.2. The van der Waals surface area contributed by atoms with E-state index in [4.69, 9.17) is 27.9 Å². The molecule has 11 heteroatoms. The third-order valence-electron chi connectivity index (χ3n) is 7.63. The first-order valence-corrected chi connectivity index (χ1v) is 16.9. The Labute approximate surface area is 264 Å². The van der Waals surface area contributed by atoms with Crippen molar-refractivity contribution in [3.63, 3.8) is 0 Å². The largest absolute Gasteiger partial charge is 0.497 e. The number of amides is 2. The number of nitrogens with zero attached hydrogens (tertiary/aromatic N) is 2. The number of carbonyl (C=O) groups excluding carboxylic acids is 2. The monoisotopic (exact) mass is 645 g/mol. The quantitative estimate of drug-likeness (QED) is 0.266. The molecular formula is C32H37Cl2N3O5S. The zero-order valence-corrected chi connectivity index (χ0v) is 26.7. The number of benzene rings is 3. The summed E-state index contributed by atoms with van der Waals surface area (Å²) in [4.78, 5) is 29.7. The maximum absolute atomic E-state index is 14.3. The summed E-state index contributed by atoms with van der Waals surface area (Å²) in [7, 11) is -2.44. The normalized spacial score (nSPS) is 14.5. The van der Waals surface area contributed by atoms with E-state index in [0.717, 1.165) is 48.2 Å². The lowest BCUT2D eigenvalue weighted by molar-refractivity contribution is -0.140. The van der Waals surface area contributed by atoms with Gasteiger partial charge in [-0.05, 0) is 42.7 Å². The summed E-state index contributed by atoms with van der Waals surface area (Å²) in [5.41, 5.74) is 1.58. The van der Waals surface area contributed by atoms with Crippen LogP contribution in [-0.4, -0.2) is 57.1 Å². The Bertz CT molecular complexity index is 1490. The molecular weight excluding hydrogens is 609 g/mol. The number of halogens is 2. The van der Waals surface area contributed by atoms with Gasteiger partial charge in [0.05, 0.1) is 19.1 Å². The van der Waals surface area contributed by atoms with Crippen LogP contribution in [0.1, 0.15) is 43.2 Å². The van der Waals surface area contributed by atoms with Crippen molar-refractivity contribution in [2.75, 3.05) is 24.2 Å². The Kier molecular flexibility index (Phi) is 11.3. The smallest absolute Gasteiger partial charge is 0.244 e. The number of carbonyl (C=O) groups is 2. The minimum atomic E-state index is -3.91. The summed E-state index contributed by atoms with van der Waals surface area (Å²) in [5.74, 6) is -0.448. The fourth-order valence-corrected chi connectivity index (χ4v) is 6.69. The lowest BCUT2D eigenvalue weighted by Crippen LogP contribution is -2.55. The molecule has 43 heavy (non-hydrogen) atoms. The predicted octanol–water partition coefficient (Wildman–Crippen LogP) is 5.86. The predicted molar refractivity (Wildman–Crippen MR) is 171 cm³/mol.